The number of methoxy groups -OCH3 is 1. The minimum atomic E-state index is 0.623. The molecule has 0 radical (unpaired) electrons. The molecule has 3 aromatic rings. The van der Waals surface area contributed by atoms with Crippen LogP contribution in [-0.2, 0) is 11.2 Å². The van der Waals surface area contributed by atoms with Crippen LogP contribution in [0.5, 0.6) is 0 Å². The molecule has 3 rings (SSSR count). The van der Waals surface area contributed by atoms with E-state index in [2.05, 4.69) is 29.2 Å². The van der Waals surface area contributed by atoms with Crippen LogP contribution in [0.3, 0.4) is 0 Å². The summed E-state index contributed by atoms with van der Waals surface area (Å²) in [6.07, 6.45) is 0.700. The first-order valence-electron chi connectivity index (χ1n) is 6.30. The molecule has 0 N–H and O–H groups in total. The van der Waals surface area contributed by atoms with E-state index in [4.69, 9.17) is 9.15 Å². The van der Waals surface area contributed by atoms with Gasteiger partial charge in [-0.3, -0.25) is 0 Å². The smallest absolute Gasteiger partial charge is 0.197 e. The highest BCUT2D eigenvalue weighted by Crippen LogP contribution is 2.24. The van der Waals surface area contributed by atoms with Gasteiger partial charge in [-0.2, -0.15) is 0 Å². The van der Waals surface area contributed by atoms with Crippen molar-refractivity contribution in [3.05, 3.63) is 54.4 Å². The number of rotatable bonds is 4. The molecule has 0 bridgehead atoms. The fourth-order valence-corrected chi connectivity index (χ4v) is 2.08. The quantitative estimate of drug-likeness (QED) is 0.711. The third-order valence-corrected chi connectivity index (χ3v) is 3.06. The molecular formula is C16H15NO2. The number of hydrogen-bond acceptors (Lipinski definition) is 3. The van der Waals surface area contributed by atoms with Gasteiger partial charge in [0, 0.05) is 13.5 Å². The van der Waals surface area contributed by atoms with E-state index in [1.54, 1.807) is 7.11 Å². The van der Waals surface area contributed by atoms with Crippen LogP contribution in [0.4, 0.5) is 0 Å². The molecule has 0 atom stereocenters. The molecule has 1 aromatic heterocycles. The minimum Gasteiger partial charge on any atom is -0.441 e. The number of nitrogens with zero attached hydrogens (tertiary/aromatic N) is 1. The first-order chi connectivity index (χ1) is 9.36. The van der Waals surface area contributed by atoms with E-state index >= 15 is 0 Å². The lowest BCUT2D eigenvalue weighted by molar-refractivity contribution is 0.196. The molecule has 96 valence electrons. The fourth-order valence-electron chi connectivity index (χ4n) is 2.08. The third kappa shape index (κ3) is 2.51. The van der Waals surface area contributed by atoms with Gasteiger partial charge in [0.2, 0.25) is 0 Å². The van der Waals surface area contributed by atoms with Crippen molar-refractivity contribution in [2.75, 3.05) is 13.7 Å². The lowest BCUT2D eigenvalue weighted by Gasteiger charge is -1.99. The SMILES string of the molecule is COCCc1nc2cc(-c3ccccc3)ccc2o1. The number of ether oxygens (including phenoxy) is 1. The zero-order chi connectivity index (χ0) is 13.1. The Morgan fingerprint density at radius 1 is 1.05 bits per heavy atom. The van der Waals surface area contributed by atoms with Gasteiger partial charge in [-0.15, -0.1) is 0 Å². The Bertz CT molecular complexity index is 674. The molecule has 0 fully saturated rings. The van der Waals surface area contributed by atoms with Crippen LogP contribution in [0.15, 0.2) is 52.9 Å². The van der Waals surface area contributed by atoms with Crippen molar-refractivity contribution in [3.63, 3.8) is 0 Å². The standard InChI is InChI=1S/C16H15NO2/c1-18-10-9-16-17-14-11-13(7-8-15(14)19-16)12-5-3-2-4-6-12/h2-8,11H,9-10H2,1H3. The highest BCUT2D eigenvalue weighted by Gasteiger charge is 2.07. The molecule has 2 aromatic carbocycles. The van der Waals surface area contributed by atoms with Gasteiger partial charge in [0.15, 0.2) is 11.5 Å². The van der Waals surface area contributed by atoms with Crippen molar-refractivity contribution in [1.29, 1.82) is 0 Å². The van der Waals surface area contributed by atoms with Gasteiger partial charge in [-0.05, 0) is 23.3 Å². The Labute approximate surface area is 111 Å². The Hall–Kier alpha value is -2.13. The summed E-state index contributed by atoms with van der Waals surface area (Å²) in [4.78, 5) is 4.49. The number of fused-ring (bicyclic) bond motifs is 1. The number of benzene rings is 2. The summed E-state index contributed by atoms with van der Waals surface area (Å²) in [6.45, 7) is 0.623. The maximum atomic E-state index is 5.67. The van der Waals surface area contributed by atoms with E-state index in [-0.39, 0.29) is 0 Å². The van der Waals surface area contributed by atoms with Gasteiger partial charge in [-0.1, -0.05) is 36.4 Å². The maximum absolute atomic E-state index is 5.67. The van der Waals surface area contributed by atoms with Crippen LogP contribution in [0.2, 0.25) is 0 Å². The van der Waals surface area contributed by atoms with Crippen LogP contribution < -0.4 is 0 Å². The number of aromatic nitrogens is 1. The van der Waals surface area contributed by atoms with E-state index < -0.39 is 0 Å². The van der Waals surface area contributed by atoms with Gasteiger partial charge in [-0.25, -0.2) is 4.98 Å². The molecule has 0 aliphatic carbocycles. The molecule has 0 saturated heterocycles. The highest BCUT2D eigenvalue weighted by atomic mass is 16.5. The predicted octanol–water partition coefficient (Wildman–Crippen LogP) is 3.68. The first kappa shape index (κ1) is 11.9. The topological polar surface area (TPSA) is 35.3 Å². The summed E-state index contributed by atoms with van der Waals surface area (Å²) in [5.74, 6) is 0.724. The third-order valence-electron chi connectivity index (χ3n) is 3.06. The van der Waals surface area contributed by atoms with E-state index in [0.29, 0.717) is 13.0 Å². The number of oxazole rings is 1. The van der Waals surface area contributed by atoms with Crippen molar-refractivity contribution >= 4 is 11.1 Å². The van der Waals surface area contributed by atoms with Crippen LogP contribution in [0.25, 0.3) is 22.2 Å². The molecular weight excluding hydrogens is 238 g/mol. The Morgan fingerprint density at radius 2 is 1.89 bits per heavy atom. The zero-order valence-corrected chi connectivity index (χ0v) is 10.8. The zero-order valence-electron chi connectivity index (χ0n) is 10.8. The highest BCUT2D eigenvalue weighted by molar-refractivity contribution is 5.80. The van der Waals surface area contributed by atoms with Gasteiger partial charge in [0.25, 0.3) is 0 Å². The summed E-state index contributed by atoms with van der Waals surface area (Å²) < 4.78 is 10.7. The van der Waals surface area contributed by atoms with Crippen molar-refractivity contribution < 1.29 is 9.15 Å². The van der Waals surface area contributed by atoms with E-state index in [1.165, 1.54) is 5.56 Å². The normalized spacial score (nSPS) is 11.0. The van der Waals surface area contributed by atoms with Crippen molar-refractivity contribution in [1.82, 2.24) is 4.98 Å². The number of hydrogen-bond donors (Lipinski definition) is 0. The average Bonchev–Trinajstić information content (AvgIpc) is 2.87. The molecule has 3 heteroatoms. The molecule has 1 heterocycles. The lowest BCUT2D eigenvalue weighted by Crippen LogP contribution is -1.93. The van der Waals surface area contributed by atoms with Gasteiger partial charge < -0.3 is 9.15 Å². The molecule has 0 amide bonds. The van der Waals surface area contributed by atoms with Crippen molar-refractivity contribution in [2.45, 2.75) is 6.42 Å². The summed E-state index contributed by atoms with van der Waals surface area (Å²) in [6, 6.07) is 16.4. The van der Waals surface area contributed by atoms with Crippen LogP contribution in [0, 0.1) is 0 Å². The van der Waals surface area contributed by atoms with Gasteiger partial charge >= 0.3 is 0 Å². The summed E-state index contributed by atoms with van der Waals surface area (Å²) in [5.41, 5.74) is 4.06. The molecule has 19 heavy (non-hydrogen) atoms. The second-order valence-electron chi connectivity index (χ2n) is 4.40. The van der Waals surface area contributed by atoms with Crippen LogP contribution in [0.1, 0.15) is 5.89 Å². The molecule has 0 spiro atoms. The van der Waals surface area contributed by atoms with E-state index in [9.17, 15) is 0 Å². The predicted molar refractivity (Wildman–Crippen MR) is 75.0 cm³/mol. The second kappa shape index (κ2) is 5.24. The van der Waals surface area contributed by atoms with Crippen molar-refractivity contribution in [3.8, 4) is 11.1 Å². The molecule has 0 unspecified atom stereocenters. The Balaban J connectivity index is 1.97. The van der Waals surface area contributed by atoms with Crippen LogP contribution >= 0.6 is 0 Å². The lowest BCUT2D eigenvalue weighted by atomic mass is 10.1. The van der Waals surface area contributed by atoms with E-state index in [1.807, 2.05) is 24.3 Å². The molecule has 0 aliphatic heterocycles. The fraction of sp³-hybridized carbons (Fsp3) is 0.188. The average molecular weight is 253 g/mol. The second-order valence-corrected chi connectivity index (χ2v) is 4.40. The maximum Gasteiger partial charge on any atom is 0.197 e. The Morgan fingerprint density at radius 3 is 2.68 bits per heavy atom. The Kier molecular flexibility index (Phi) is 3.29. The van der Waals surface area contributed by atoms with Crippen molar-refractivity contribution in [2.24, 2.45) is 0 Å². The van der Waals surface area contributed by atoms with Gasteiger partial charge in [0.1, 0.15) is 5.52 Å². The summed E-state index contributed by atoms with van der Waals surface area (Å²) in [5, 5.41) is 0. The van der Waals surface area contributed by atoms with E-state index in [0.717, 1.165) is 22.6 Å². The minimum absolute atomic E-state index is 0.623. The first-order valence-corrected chi connectivity index (χ1v) is 6.30. The monoisotopic (exact) mass is 253 g/mol. The van der Waals surface area contributed by atoms with Gasteiger partial charge in [0.05, 0.1) is 6.61 Å². The largest absolute Gasteiger partial charge is 0.441 e. The molecule has 3 nitrogen and oxygen atoms in total. The summed E-state index contributed by atoms with van der Waals surface area (Å²) >= 11 is 0. The van der Waals surface area contributed by atoms with Crippen LogP contribution in [-0.4, -0.2) is 18.7 Å². The molecule has 0 saturated carbocycles. The summed E-state index contributed by atoms with van der Waals surface area (Å²) in [7, 11) is 1.68. The molecule has 0 aliphatic rings.